The van der Waals surface area contributed by atoms with E-state index in [1.54, 1.807) is 0 Å². The van der Waals surface area contributed by atoms with Crippen LogP contribution in [0.3, 0.4) is 0 Å². The Morgan fingerprint density at radius 3 is 2.64 bits per heavy atom. The number of hydrogen-bond acceptors (Lipinski definition) is 4. The summed E-state index contributed by atoms with van der Waals surface area (Å²) in [4.78, 5) is 11.6. The van der Waals surface area contributed by atoms with E-state index in [0.29, 0.717) is 24.5 Å². The predicted octanol–water partition coefficient (Wildman–Crippen LogP) is 5.19. The van der Waals surface area contributed by atoms with E-state index in [2.05, 4.69) is 18.2 Å². The van der Waals surface area contributed by atoms with E-state index in [-0.39, 0.29) is 12.6 Å². The first-order valence-electron chi connectivity index (χ1n) is 9.49. The van der Waals surface area contributed by atoms with E-state index in [4.69, 9.17) is 14.3 Å². The van der Waals surface area contributed by atoms with E-state index < -0.39 is 0 Å². The third kappa shape index (κ3) is 3.83. The number of ether oxygens (including phenoxy) is 1. The molecular weight excluding hydrogens is 352 g/mol. The average molecular weight is 374 g/mol. The van der Waals surface area contributed by atoms with Crippen molar-refractivity contribution in [1.82, 2.24) is 9.78 Å². The molecule has 0 atom stereocenters. The van der Waals surface area contributed by atoms with Crippen LogP contribution >= 0.6 is 0 Å². The topological polar surface area (TPSA) is 57.3 Å². The standard InChI is InChI=1S/C23H22N2O3/c1-2-8-22(26)27-16-18-13-14-21(28-18)23-19-11-6-7-12-20(19)25(24-23)15-17-9-4-3-5-10-17/h3-7,9-14H,2,8,15-16H2,1H3. The van der Waals surface area contributed by atoms with Crippen molar-refractivity contribution in [3.05, 3.63) is 78.1 Å². The number of nitrogens with zero attached hydrogens (tertiary/aromatic N) is 2. The number of fused-ring (bicyclic) bond motifs is 1. The minimum absolute atomic E-state index is 0.140. The van der Waals surface area contributed by atoms with Crippen molar-refractivity contribution >= 4 is 16.9 Å². The molecule has 5 heteroatoms. The van der Waals surface area contributed by atoms with Crippen molar-refractivity contribution in [2.45, 2.75) is 32.9 Å². The minimum atomic E-state index is -0.210. The Balaban J connectivity index is 1.61. The van der Waals surface area contributed by atoms with E-state index in [0.717, 1.165) is 23.0 Å². The molecule has 2 aromatic heterocycles. The van der Waals surface area contributed by atoms with Crippen molar-refractivity contribution in [1.29, 1.82) is 0 Å². The molecule has 0 N–H and O–H groups in total. The van der Waals surface area contributed by atoms with Crippen LogP contribution in [0.25, 0.3) is 22.4 Å². The zero-order valence-electron chi connectivity index (χ0n) is 15.8. The summed E-state index contributed by atoms with van der Waals surface area (Å²) in [7, 11) is 0. The first-order chi connectivity index (χ1) is 13.7. The third-order valence-corrected chi connectivity index (χ3v) is 4.56. The molecular formula is C23H22N2O3. The lowest BCUT2D eigenvalue weighted by molar-refractivity contribution is -0.145. The molecule has 4 rings (SSSR count). The van der Waals surface area contributed by atoms with Crippen LogP contribution in [0.1, 0.15) is 31.1 Å². The zero-order chi connectivity index (χ0) is 19.3. The molecule has 0 bridgehead atoms. The Labute approximate surface area is 163 Å². The largest absolute Gasteiger partial charge is 0.457 e. The van der Waals surface area contributed by atoms with Crippen molar-refractivity contribution in [3.63, 3.8) is 0 Å². The molecule has 0 aliphatic heterocycles. The molecule has 5 nitrogen and oxygen atoms in total. The fourth-order valence-electron chi connectivity index (χ4n) is 3.20. The van der Waals surface area contributed by atoms with Gasteiger partial charge in [-0.15, -0.1) is 0 Å². The van der Waals surface area contributed by atoms with Crippen molar-refractivity contribution in [2.75, 3.05) is 0 Å². The number of esters is 1. The van der Waals surface area contributed by atoms with Crippen molar-refractivity contribution in [2.24, 2.45) is 0 Å². The van der Waals surface area contributed by atoms with Gasteiger partial charge in [0.2, 0.25) is 0 Å². The van der Waals surface area contributed by atoms with Gasteiger partial charge >= 0.3 is 5.97 Å². The first kappa shape index (κ1) is 18.0. The molecule has 0 unspecified atom stereocenters. The molecule has 0 fully saturated rings. The molecule has 28 heavy (non-hydrogen) atoms. The molecule has 2 aromatic carbocycles. The lowest BCUT2D eigenvalue weighted by Gasteiger charge is -2.03. The van der Waals surface area contributed by atoms with Crippen molar-refractivity contribution < 1.29 is 13.9 Å². The molecule has 0 spiro atoms. The van der Waals surface area contributed by atoms with Gasteiger partial charge in [0.25, 0.3) is 0 Å². The van der Waals surface area contributed by atoms with E-state index in [9.17, 15) is 4.79 Å². The monoisotopic (exact) mass is 374 g/mol. The number of aromatic nitrogens is 2. The molecule has 142 valence electrons. The van der Waals surface area contributed by atoms with Gasteiger partial charge in [-0.05, 0) is 30.2 Å². The summed E-state index contributed by atoms with van der Waals surface area (Å²) < 4.78 is 13.1. The summed E-state index contributed by atoms with van der Waals surface area (Å²) >= 11 is 0. The summed E-state index contributed by atoms with van der Waals surface area (Å²) in [5, 5.41) is 5.84. The highest BCUT2D eigenvalue weighted by Crippen LogP contribution is 2.30. The van der Waals surface area contributed by atoms with Gasteiger partial charge in [-0.25, -0.2) is 0 Å². The summed E-state index contributed by atoms with van der Waals surface area (Å²) in [6.07, 6.45) is 1.19. The maximum Gasteiger partial charge on any atom is 0.306 e. The van der Waals surface area contributed by atoms with E-state index in [1.807, 2.05) is 60.1 Å². The minimum Gasteiger partial charge on any atom is -0.457 e. The van der Waals surface area contributed by atoms with Crippen LogP contribution in [-0.2, 0) is 22.7 Å². The van der Waals surface area contributed by atoms with Crippen LogP contribution in [0.15, 0.2) is 71.1 Å². The molecule has 0 saturated heterocycles. The molecule has 4 aromatic rings. The Kier molecular flexibility index (Phi) is 5.24. The van der Waals surface area contributed by atoms with E-state index >= 15 is 0 Å². The second-order valence-electron chi connectivity index (χ2n) is 6.69. The fraction of sp³-hybridized carbons (Fsp3) is 0.217. The Bertz CT molecular complexity index is 1080. The number of hydrogen-bond donors (Lipinski definition) is 0. The second-order valence-corrected chi connectivity index (χ2v) is 6.69. The maximum atomic E-state index is 11.6. The van der Waals surface area contributed by atoms with Crippen LogP contribution in [0, 0.1) is 0 Å². The van der Waals surface area contributed by atoms with Crippen LogP contribution in [0.2, 0.25) is 0 Å². The number of furan rings is 1. The Morgan fingerprint density at radius 1 is 1.04 bits per heavy atom. The maximum absolute atomic E-state index is 11.6. The highest BCUT2D eigenvalue weighted by Gasteiger charge is 2.16. The number of carbonyl (C=O) groups is 1. The molecule has 0 saturated carbocycles. The van der Waals surface area contributed by atoms with Gasteiger partial charge in [0.05, 0.1) is 12.1 Å². The van der Waals surface area contributed by atoms with Gasteiger partial charge < -0.3 is 9.15 Å². The molecule has 0 aliphatic carbocycles. The lowest BCUT2D eigenvalue weighted by atomic mass is 10.2. The van der Waals surface area contributed by atoms with Crippen LogP contribution in [-0.4, -0.2) is 15.7 Å². The summed E-state index contributed by atoms with van der Waals surface area (Å²) in [6.45, 7) is 2.77. The Hall–Kier alpha value is -3.34. The molecule has 0 aliphatic rings. The highest BCUT2D eigenvalue weighted by atomic mass is 16.5. The van der Waals surface area contributed by atoms with Crippen LogP contribution < -0.4 is 0 Å². The zero-order valence-corrected chi connectivity index (χ0v) is 15.8. The summed E-state index contributed by atoms with van der Waals surface area (Å²) in [5.41, 5.74) is 3.02. The van der Waals surface area contributed by atoms with Crippen LogP contribution in [0.5, 0.6) is 0 Å². The lowest BCUT2D eigenvalue weighted by Crippen LogP contribution is -2.02. The SMILES string of the molecule is CCCC(=O)OCc1ccc(-c2nn(Cc3ccccc3)c3ccccc23)o1. The number of para-hydroxylation sites is 1. The summed E-state index contributed by atoms with van der Waals surface area (Å²) in [6, 6.07) is 22.1. The second kappa shape index (κ2) is 8.13. The predicted molar refractivity (Wildman–Crippen MR) is 108 cm³/mol. The fourth-order valence-corrected chi connectivity index (χ4v) is 3.20. The number of rotatable bonds is 7. The quantitative estimate of drug-likeness (QED) is 0.418. The smallest absolute Gasteiger partial charge is 0.306 e. The molecule has 0 radical (unpaired) electrons. The highest BCUT2D eigenvalue weighted by molar-refractivity contribution is 5.92. The van der Waals surface area contributed by atoms with E-state index in [1.165, 1.54) is 5.56 Å². The van der Waals surface area contributed by atoms with Gasteiger partial charge in [0, 0.05) is 11.8 Å². The summed E-state index contributed by atoms with van der Waals surface area (Å²) in [5.74, 6) is 1.07. The van der Waals surface area contributed by atoms with Gasteiger partial charge in [-0.3, -0.25) is 9.48 Å². The average Bonchev–Trinajstić information content (AvgIpc) is 3.33. The molecule has 0 amide bonds. The Morgan fingerprint density at radius 2 is 1.82 bits per heavy atom. The molecule has 2 heterocycles. The normalized spacial score (nSPS) is 11.0. The first-order valence-corrected chi connectivity index (χ1v) is 9.49. The number of carbonyl (C=O) groups excluding carboxylic acids is 1. The van der Waals surface area contributed by atoms with Crippen molar-refractivity contribution in [3.8, 4) is 11.5 Å². The third-order valence-electron chi connectivity index (χ3n) is 4.56. The van der Waals surface area contributed by atoms with Gasteiger partial charge in [0.15, 0.2) is 5.76 Å². The number of benzene rings is 2. The van der Waals surface area contributed by atoms with Gasteiger partial charge in [0.1, 0.15) is 18.1 Å². The van der Waals surface area contributed by atoms with Crippen LogP contribution in [0.4, 0.5) is 0 Å². The van der Waals surface area contributed by atoms with Gasteiger partial charge in [-0.1, -0.05) is 55.5 Å². The van der Waals surface area contributed by atoms with Gasteiger partial charge in [-0.2, -0.15) is 5.10 Å².